The Morgan fingerprint density at radius 1 is 0.619 bits per heavy atom. The van der Waals surface area contributed by atoms with E-state index in [0.29, 0.717) is 69.7 Å². The van der Waals surface area contributed by atoms with E-state index in [1.54, 1.807) is 38.5 Å². The molecule has 2 amide bonds. The predicted octanol–water partition coefficient (Wildman–Crippen LogP) is 6.41. The van der Waals surface area contributed by atoms with E-state index >= 15 is 0 Å². The highest BCUT2D eigenvalue weighted by Crippen LogP contribution is 2.42. The zero-order chi connectivity index (χ0) is 31.1. The summed E-state index contributed by atoms with van der Waals surface area (Å²) in [6.45, 7) is 1.35. The van der Waals surface area contributed by atoms with Crippen molar-refractivity contribution in [1.29, 1.82) is 0 Å². The molecule has 4 rings (SSSR count). The van der Waals surface area contributed by atoms with E-state index in [2.05, 4.69) is 0 Å². The van der Waals surface area contributed by atoms with Crippen LogP contribution in [-0.4, -0.2) is 58.8 Å². The third kappa shape index (κ3) is 7.09. The fourth-order valence-electron chi connectivity index (χ4n) is 4.77. The number of carbonyl (C=O) groups is 2. The first-order valence-electron chi connectivity index (χ1n) is 12.5. The first-order valence-corrected chi connectivity index (χ1v) is 13.8. The normalized spacial score (nSPS) is 12.2. The lowest BCUT2D eigenvalue weighted by atomic mass is 9.90. The Morgan fingerprint density at radius 3 is 1.36 bits per heavy atom. The predicted molar refractivity (Wildman–Crippen MR) is 163 cm³/mol. The molecule has 226 valence electrons. The number of amides is 2. The molecule has 1 aliphatic rings. The van der Waals surface area contributed by atoms with E-state index in [9.17, 15) is 9.59 Å². The van der Waals surface area contributed by atoms with Gasteiger partial charge in [0.15, 0.2) is 38.8 Å². The van der Waals surface area contributed by atoms with Crippen LogP contribution in [0.1, 0.15) is 39.5 Å². The molecule has 0 spiro atoms. The van der Waals surface area contributed by atoms with Gasteiger partial charge >= 0.3 is 0 Å². The smallest absolute Gasteiger partial charge is 0.265 e. The monoisotopic (exact) mass is 639 g/mol. The summed E-state index contributed by atoms with van der Waals surface area (Å²) < 4.78 is 32.5. The van der Waals surface area contributed by atoms with Gasteiger partial charge in [-0.3, -0.25) is 9.59 Å². The van der Waals surface area contributed by atoms with Gasteiger partial charge in [0.1, 0.15) is 0 Å². The Morgan fingerprint density at radius 2 is 0.952 bits per heavy atom. The van der Waals surface area contributed by atoms with E-state index < -0.39 is 16.1 Å². The molecule has 3 aromatic carbocycles. The van der Waals surface area contributed by atoms with Gasteiger partial charge in [0, 0.05) is 25.0 Å². The van der Waals surface area contributed by atoms with Gasteiger partial charge in [-0.25, -0.2) is 4.90 Å². The van der Waals surface area contributed by atoms with E-state index in [1.807, 2.05) is 12.1 Å². The van der Waals surface area contributed by atoms with E-state index in [0.717, 1.165) is 16.0 Å². The fraction of sp³-hybridized carbons (Fsp3) is 0.333. The van der Waals surface area contributed by atoms with Crippen LogP contribution in [0.2, 0.25) is 0 Å². The SMILES string of the molecule is COc1cc2c(cc1OC)Cc1cc(OC)c(OC)cc1N(C(C)=O)C(=O)c1cc(OC)c(OC)cc1C2.ClC(Cl)Cl. The van der Waals surface area contributed by atoms with Crippen LogP contribution in [0.15, 0.2) is 36.4 Å². The first kappa shape index (κ1) is 33.0. The summed E-state index contributed by atoms with van der Waals surface area (Å²) in [4.78, 5) is 28.3. The van der Waals surface area contributed by atoms with Crippen LogP contribution in [0.25, 0.3) is 0 Å². The maximum Gasteiger partial charge on any atom is 0.265 e. The van der Waals surface area contributed by atoms with E-state index in [4.69, 9.17) is 63.2 Å². The number of nitrogens with zero attached hydrogens (tertiary/aromatic N) is 1. The highest BCUT2D eigenvalue weighted by Gasteiger charge is 2.31. The minimum atomic E-state index is -0.750. The van der Waals surface area contributed by atoms with Gasteiger partial charge < -0.3 is 28.4 Å². The topological polar surface area (TPSA) is 92.8 Å². The van der Waals surface area contributed by atoms with Crippen molar-refractivity contribution in [3.05, 3.63) is 64.2 Å². The number of rotatable bonds is 6. The maximum absolute atomic E-state index is 14.1. The largest absolute Gasteiger partial charge is 0.493 e. The Hall–Kier alpha value is -3.53. The molecule has 1 heterocycles. The van der Waals surface area contributed by atoms with Crippen LogP contribution >= 0.6 is 34.8 Å². The second kappa shape index (κ2) is 14.6. The zero-order valence-corrected chi connectivity index (χ0v) is 26.6. The van der Waals surface area contributed by atoms with Gasteiger partial charge in [0.2, 0.25) is 5.91 Å². The van der Waals surface area contributed by atoms with Crippen molar-refractivity contribution in [3.63, 3.8) is 0 Å². The lowest BCUT2D eigenvalue weighted by Crippen LogP contribution is -2.37. The number of imide groups is 1. The highest BCUT2D eigenvalue weighted by molar-refractivity contribution is 6.63. The third-order valence-electron chi connectivity index (χ3n) is 6.65. The molecule has 0 saturated carbocycles. The quantitative estimate of drug-likeness (QED) is 0.286. The van der Waals surface area contributed by atoms with E-state index in [1.165, 1.54) is 35.4 Å². The molecule has 42 heavy (non-hydrogen) atoms. The molecule has 0 atom stereocenters. The molecular formula is C30H32Cl3NO8. The van der Waals surface area contributed by atoms with Crippen LogP contribution in [0, 0.1) is 0 Å². The van der Waals surface area contributed by atoms with Crippen molar-refractivity contribution in [2.45, 2.75) is 24.1 Å². The van der Waals surface area contributed by atoms with Gasteiger partial charge in [-0.05, 0) is 59.0 Å². The number of hydrogen-bond donors (Lipinski definition) is 0. The average molecular weight is 641 g/mol. The number of halogens is 3. The van der Waals surface area contributed by atoms with Gasteiger partial charge in [-0.15, -0.1) is 0 Å². The number of hydrogen-bond acceptors (Lipinski definition) is 8. The lowest BCUT2D eigenvalue weighted by molar-refractivity contribution is -0.115. The minimum Gasteiger partial charge on any atom is -0.493 e. The second-order valence-electron chi connectivity index (χ2n) is 8.94. The molecule has 1 aliphatic heterocycles. The Bertz CT molecular complexity index is 1460. The number of fused-ring (bicyclic) bond motifs is 3. The van der Waals surface area contributed by atoms with Crippen LogP contribution in [0.3, 0.4) is 0 Å². The summed E-state index contributed by atoms with van der Waals surface area (Å²) in [6.07, 6.45) is 0.747. The first-order chi connectivity index (χ1) is 20.0. The van der Waals surface area contributed by atoms with Crippen LogP contribution in [0.5, 0.6) is 34.5 Å². The van der Waals surface area contributed by atoms with Gasteiger partial charge in [0.05, 0.1) is 48.3 Å². The number of ether oxygens (including phenoxy) is 6. The summed E-state index contributed by atoms with van der Waals surface area (Å²) >= 11 is 14.4. The lowest BCUT2D eigenvalue weighted by Gasteiger charge is -2.27. The molecular weight excluding hydrogens is 609 g/mol. The summed E-state index contributed by atoms with van der Waals surface area (Å²) in [5.41, 5.74) is 3.90. The third-order valence-corrected chi connectivity index (χ3v) is 6.65. The van der Waals surface area contributed by atoms with Crippen molar-refractivity contribution in [2.75, 3.05) is 47.6 Å². The molecule has 12 heteroatoms. The fourth-order valence-corrected chi connectivity index (χ4v) is 4.77. The number of benzene rings is 3. The standard InChI is InChI=1S/C29H31NO8.CHCl3/c1-16(31)30-22-15-28(38-7)26(36-5)13-20(22)9-18-11-24(34-3)23(33-2)10-17(18)8-19-12-25(35-4)27(37-6)14-21(19)29(30)32;2-1(3)4/h10-15H,8-9H2,1-7H3;1H. The van der Waals surface area contributed by atoms with E-state index in [-0.39, 0.29) is 0 Å². The molecule has 0 saturated heterocycles. The molecule has 9 nitrogen and oxygen atoms in total. The molecule has 0 fully saturated rings. The summed E-state index contributed by atoms with van der Waals surface area (Å²) in [7, 11) is 9.23. The van der Waals surface area contributed by atoms with Gasteiger partial charge in [0.25, 0.3) is 5.91 Å². The number of carbonyl (C=O) groups excluding carboxylic acids is 2. The van der Waals surface area contributed by atoms with Crippen LogP contribution in [-0.2, 0) is 17.6 Å². The molecule has 0 aromatic heterocycles. The summed E-state index contributed by atoms with van der Waals surface area (Å²) in [6, 6.07) is 10.6. The van der Waals surface area contributed by atoms with Crippen molar-refractivity contribution >= 4 is 52.3 Å². The Kier molecular flexibility index (Phi) is 11.4. The maximum atomic E-state index is 14.1. The van der Waals surface area contributed by atoms with Crippen molar-refractivity contribution in [3.8, 4) is 34.5 Å². The Labute approximate surface area is 260 Å². The molecule has 0 N–H and O–H groups in total. The van der Waals surface area contributed by atoms with Crippen molar-refractivity contribution in [1.82, 2.24) is 0 Å². The number of anilines is 1. The minimum absolute atomic E-state index is 0.307. The number of alkyl halides is 3. The molecule has 0 bridgehead atoms. The van der Waals surface area contributed by atoms with Crippen LogP contribution < -0.4 is 33.3 Å². The zero-order valence-electron chi connectivity index (χ0n) is 24.3. The summed E-state index contributed by atoms with van der Waals surface area (Å²) in [5.74, 6) is 1.91. The molecule has 0 radical (unpaired) electrons. The highest BCUT2D eigenvalue weighted by atomic mass is 35.6. The van der Waals surface area contributed by atoms with Gasteiger partial charge in [-0.1, -0.05) is 34.8 Å². The second-order valence-corrected chi connectivity index (χ2v) is 10.9. The van der Waals surface area contributed by atoms with Gasteiger partial charge in [-0.2, -0.15) is 0 Å². The Balaban J connectivity index is 0.00000114. The van der Waals surface area contributed by atoms with Crippen molar-refractivity contribution < 1.29 is 38.0 Å². The molecule has 0 aliphatic carbocycles. The van der Waals surface area contributed by atoms with Crippen LogP contribution in [0.4, 0.5) is 5.69 Å². The number of methoxy groups -OCH3 is 6. The summed E-state index contributed by atoms with van der Waals surface area (Å²) in [5, 5.41) is 0. The average Bonchev–Trinajstić information content (AvgIpc) is 2.96. The van der Waals surface area contributed by atoms with Crippen molar-refractivity contribution in [2.24, 2.45) is 0 Å². The molecule has 3 aromatic rings. The molecule has 0 unspecified atom stereocenters.